The molecule has 17 heavy (non-hydrogen) atoms. The summed E-state index contributed by atoms with van der Waals surface area (Å²) in [5.41, 5.74) is 9.91. The molecule has 4 nitrogen and oxygen atoms in total. The van der Waals surface area contributed by atoms with E-state index >= 15 is 0 Å². The molecule has 0 aromatic heterocycles. The number of carbonyl (C=O) groups excluding carboxylic acids is 1. The van der Waals surface area contributed by atoms with Gasteiger partial charge in [0, 0.05) is 23.3 Å². The van der Waals surface area contributed by atoms with E-state index in [-0.39, 0.29) is 5.12 Å². The van der Waals surface area contributed by atoms with Crippen LogP contribution in [-0.4, -0.2) is 10.9 Å². The molecule has 0 amide bonds. The Morgan fingerprint density at radius 1 is 1.53 bits per heavy atom. The molecule has 5 heteroatoms. The lowest BCUT2D eigenvalue weighted by Crippen LogP contribution is -1.83. The number of carbonyl (C=O) groups is 1. The van der Waals surface area contributed by atoms with Gasteiger partial charge in [-0.25, -0.2) is 0 Å². The van der Waals surface area contributed by atoms with Gasteiger partial charge in [0.15, 0.2) is 5.12 Å². The molecule has 0 saturated heterocycles. The molecular formula is C12H13N3OS. The summed E-state index contributed by atoms with van der Waals surface area (Å²) in [6.07, 6.45) is 4.70. The number of hydrogen-bond acceptors (Lipinski definition) is 3. The van der Waals surface area contributed by atoms with Crippen LogP contribution in [0.4, 0.5) is 5.69 Å². The lowest BCUT2D eigenvalue weighted by atomic mass is 10.1. The molecule has 0 spiro atoms. The SMILES string of the molecule is CC(=O)SCCC=Cc1ccccc1N=[N+]=[N-]. The van der Waals surface area contributed by atoms with Crippen LogP contribution in [0.2, 0.25) is 0 Å². The first-order valence-electron chi connectivity index (χ1n) is 5.18. The van der Waals surface area contributed by atoms with Crippen LogP contribution in [-0.2, 0) is 4.79 Å². The van der Waals surface area contributed by atoms with Gasteiger partial charge < -0.3 is 0 Å². The Hall–Kier alpha value is -1.71. The summed E-state index contributed by atoms with van der Waals surface area (Å²) < 4.78 is 0. The topological polar surface area (TPSA) is 65.8 Å². The van der Waals surface area contributed by atoms with E-state index in [1.165, 1.54) is 11.8 Å². The van der Waals surface area contributed by atoms with Gasteiger partial charge in [-0.1, -0.05) is 53.3 Å². The van der Waals surface area contributed by atoms with Gasteiger partial charge in [0.1, 0.15) is 0 Å². The van der Waals surface area contributed by atoms with Crippen LogP contribution < -0.4 is 0 Å². The number of allylic oxidation sites excluding steroid dienone is 1. The van der Waals surface area contributed by atoms with Crippen LogP contribution in [0.1, 0.15) is 18.9 Å². The average molecular weight is 247 g/mol. The third kappa shape index (κ3) is 5.24. The quantitative estimate of drug-likeness (QED) is 0.337. The largest absolute Gasteiger partial charge is 0.288 e. The predicted octanol–water partition coefficient (Wildman–Crippen LogP) is 4.31. The third-order valence-corrected chi connectivity index (χ3v) is 2.82. The van der Waals surface area contributed by atoms with Crippen molar-refractivity contribution in [2.45, 2.75) is 13.3 Å². The van der Waals surface area contributed by atoms with Gasteiger partial charge in [-0.15, -0.1) is 0 Å². The van der Waals surface area contributed by atoms with Crippen LogP contribution in [0.3, 0.4) is 0 Å². The number of benzene rings is 1. The third-order valence-electron chi connectivity index (χ3n) is 1.98. The van der Waals surface area contributed by atoms with Crippen molar-refractivity contribution in [3.8, 4) is 0 Å². The summed E-state index contributed by atoms with van der Waals surface area (Å²) in [5.74, 6) is 0.773. The molecule has 1 aromatic rings. The maximum atomic E-state index is 10.7. The molecule has 0 atom stereocenters. The molecule has 0 aliphatic carbocycles. The Balaban J connectivity index is 2.58. The summed E-state index contributed by atoms with van der Waals surface area (Å²) in [4.78, 5) is 13.5. The van der Waals surface area contributed by atoms with Crippen molar-refractivity contribution in [3.05, 3.63) is 46.3 Å². The van der Waals surface area contributed by atoms with E-state index in [2.05, 4.69) is 10.0 Å². The van der Waals surface area contributed by atoms with Gasteiger partial charge in [-0.05, 0) is 17.5 Å². The van der Waals surface area contributed by atoms with Crippen LogP contribution in [0.15, 0.2) is 35.5 Å². The van der Waals surface area contributed by atoms with Gasteiger partial charge in [-0.3, -0.25) is 4.79 Å². The molecule has 0 fully saturated rings. The van der Waals surface area contributed by atoms with E-state index in [0.29, 0.717) is 5.69 Å². The molecule has 0 saturated carbocycles. The molecule has 0 radical (unpaired) electrons. The number of azide groups is 1. The molecule has 0 heterocycles. The molecule has 0 unspecified atom stereocenters. The van der Waals surface area contributed by atoms with Crippen molar-refractivity contribution in [3.63, 3.8) is 0 Å². The highest BCUT2D eigenvalue weighted by Gasteiger charge is 1.95. The highest BCUT2D eigenvalue weighted by atomic mass is 32.2. The Bertz CT molecular complexity index is 465. The molecule has 0 aliphatic rings. The summed E-state index contributed by atoms with van der Waals surface area (Å²) in [5, 5.41) is 3.74. The van der Waals surface area contributed by atoms with E-state index in [4.69, 9.17) is 5.53 Å². The fraction of sp³-hybridized carbons (Fsp3) is 0.250. The lowest BCUT2D eigenvalue weighted by Gasteiger charge is -1.98. The smallest absolute Gasteiger partial charge is 0.185 e. The minimum atomic E-state index is 0.132. The first-order chi connectivity index (χ1) is 8.24. The summed E-state index contributed by atoms with van der Waals surface area (Å²) >= 11 is 1.31. The fourth-order valence-corrected chi connectivity index (χ4v) is 1.79. The van der Waals surface area contributed by atoms with E-state index in [1.807, 2.05) is 30.4 Å². The normalized spacial score (nSPS) is 10.2. The van der Waals surface area contributed by atoms with E-state index in [0.717, 1.165) is 17.7 Å². The van der Waals surface area contributed by atoms with Crippen molar-refractivity contribution >= 4 is 28.6 Å². The molecular weight excluding hydrogens is 234 g/mol. The molecule has 0 bridgehead atoms. The fourth-order valence-electron chi connectivity index (χ4n) is 1.25. The zero-order valence-corrected chi connectivity index (χ0v) is 10.4. The Kier molecular flexibility index (Phi) is 5.93. The highest BCUT2D eigenvalue weighted by Crippen LogP contribution is 2.20. The van der Waals surface area contributed by atoms with Crippen molar-refractivity contribution in [1.82, 2.24) is 0 Å². The van der Waals surface area contributed by atoms with Gasteiger partial charge in [0.2, 0.25) is 0 Å². The van der Waals surface area contributed by atoms with Gasteiger partial charge >= 0.3 is 0 Å². The zero-order valence-electron chi connectivity index (χ0n) is 9.54. The molecule has 1 rings (SSSR count). The number of hydrogen-bond donors (Lipinski definition) is 0. The second-order valence-corrected chi connectivity index (χ2v) is 4.55. The van der Waals surface area contributed by atoms with Crippen LogP contribution >= 0.6 is 11.8 Å². The summed E-state index contributed by atoms with van der Waals surface area (Å²) in [7, 11) is 0. The maximum Gasteiger partial charge on any atom is 0.185 e. The van der Waals surface area contributed by atoms with Crippen LogP contribution in [0.25, 0.3) is 16.5 Å². The minimum absolute atomic E-state index is 0.132. The van der Waals surface area contributed by atoms with Gasteiger partial charge in [0.05, 0.1) is 0 Å². The van der Waals surface area contributed by atoms with E-state index < -0.39 is 0 Å². The van der Waals surface area contributed by atoms with Crippen molar-refractivity contribution in [1.29, 1.82) is 0 Å². The second-order valence-electron chi connectivity index (χ2n) is 3.28. The van der Waals surface area contributed by atoms with Crippen molar-refractivity contribution < 1.29 is 4.79 Å². The predicted molar refractivity (Wildman–Crippen MR) is 72.0 cm³/mol. The standard InChI is InChI=1S/C12H13N3OS/c1-10(16)17-9-5-4-7-11-6-2-3-8-12(11)14-15-13/h2-4,6-8H,5,9H2,1H3. The number of rotatable bonds is 5. The first kappa shape index (κ1) is 13.4. The Morgan fingerprint density at radius 2 is 2.29 bits per heavy atom. The Labute approximate surface area is 104 Å². The first-order valence-corrected chi connectivity index (χ1v) is 6.16. The summed E-state index contributed by atoms with van der Waals surface area (Å²) in [6.45, 7) is 1.56. The lowest BCUT2D eigenvalue weighted by molar-refractivity contribution is -0.109. The highest BCUT2D eigenvalue weighted by molar-refractivity contribution is 8.13. The monoisotopic (exact) mass is 247 g/mol. The summed E-state index contributed by atoms with van der Waals surface area (Å²) in [6, 6.07) is 7.37. The average Bonchev–Trinajstić information content (AvgIpc) is 2.31. The Morgan fingerprint density at radius 3 is 3.00 bits per heavy atom. The molecule has 1 aromatic carbocycles. The van der Waals surface area contributed by atoms with E-state index in [9.17, 15) is 4.79 Å². The van der Waals surface area contributed by atoms with Gasteiger partial charge in [0.25, 0.3) is 0 Å². The van der Waals surface area contributed by atoms with E-state index in [1.54, 1.807) is 13.0 Å². The zero-order chi connectivity index (χ0) is 12.5. The molecule has 0 N–H and O–H groups in total. The molecule has 88 valence electrons. The van der Waals surface area contributed by atoms with Gasteiger partial charge in [-0.2, -0.15) is 0 Å². The van der Waals surface area contributed by atoms with Crippen molar-refractivity contribution in [2.75, 3.05) is 5.75 Å². The van der Waals surface area contributed by atoms with Crippen LogP contribution in [0.5, 0.6) is 0 Å². The van der Waals surface area contributed by atoms with Crippen LogP contribution in [0, 0.1) is 0 Å². The minimum Gasteiger partial charge on any atom is -0.288 e. The maximum absolute atomic E-state index is 10.7. The number of thioether (sulfide) groups is 1. The second kappa shape index (κ2) is 7.54. The number of nitrogens with zero attached hydrogens (tertiary/aromatic N) is 3. The molecule has 0 aliphatic heterocycles. The van der Waals surface area contributed by atoms with Crippen molar-refractivity contribution in [2.24, 2.45) is 5.11 Å².